The van der Waals surface area contributed by atoms with Gasteiger partial charge in [0.1, 0.15) is 11.3 Å². The van der Waals surface area contributed by atoms with Crippen molar-refractivity contribution >= 4 is 33.7 Å². The van der Waals surface area contributed by atoms with E-state index in [1.54, 1.807) is 34.7 Å². The first-order chi connectivity index (χ1) is 20.6. The van der Waals surface area contributed by atoms with E-state index in [4.69, 9.17) is 10.2 Å². The Morgan fingerprint density at radius 1 is 0.976 bits per heavy atom. The van der Waals surface area contributed by atoms with E-state index in [0.717, 1.165) is 27.8 Å². The summed E-state index contributed by atoms with van der Waals surface area (Å²) in [5.74, 6) is 0.645. The fraction of sp³-hybridized carbons (Fsp3) is 0.156. The zero-order valence-corrected chi connectivity index (χ0v) is 22.9. The van der Waals surface area contributed by atoms with Crippen molar-refractivity contribution in [3.63, 3.8) is 0 Å². The van der Waals surface area contributed by atoms with Gasteiger partial charge in [0, 0.05) is 11.8 Å². The van der Waals surface area contributed by atoms with E-state index in [-0.39, 0.29) is 11.6 Å². The van der Waals surface area contributed by atoms with Gasteiger partial charge in [-0.1, -0.05) is 49.4 Å². The fourth-order valence-corrected chi connectivity index (χ4v) is 5.24. The van der Waals surface area contributed by atoms with Crippen LogP contribution in [0.4, 0.5) is 5.82 Å². The first-order valence-electron chi connectivity index (χ1n) is 13.8. The van der Waals surface area contributed by atoms with E-state index in [2.05, 4.69) is 20.3 Å². The number of rotatable bonds is 9. The number of amides is 1. The number of para-hydroxylation sites is 1. The Kier molecular flexibility index (Phi) is 7.44. The maximum atomic E-state index is 14.4. The molecule has 0 bridgehead atoms. The number of anilines is 1. The summed E-state index contributed by atoms with van der Waals surface area (Å²) in [6, 6.07) is 23.9. The first-order valence-corrected chi connectivity index (χ1v) is 13.8. The van der Waals surface area contributed by atoms with Gasteiger partial charge in [-0.15, -0.1) is 0 Å². The number of benzene rings is 3. The number of aromatic nitrogens is 5. The number of fused-ring (bicyclic) bond motifs is 2. The monoisotopic (exact) mass is 559 g/mol. The SMILES string of the molecule is CC[C@H](Nc1nccc2[nH]cnc12)c1nc2cccc(CCc3ccc(C(=O)NO)cc3)c2c(=O)n1-c1ccccc1. The van der Waals surface area contributed by atoms with Crippen molar-refractivity contribution in [2.24, 2.45) is 0 Å². The molecule has 4 N–H and O–H groups in total. The Morgan fingerprint density at radius 3 is 2.55 bits per heavy atom. The van der Waals surface area contributed by atoms with Crippen LogP contribution in [0.2, 0.25) is 0 Å². The molecule has 0 saturated heterocycles. The summed E-state index contributed by atoms with van der Waals surface area (Å²) >= 11 is 0. The molecule has 6 rings (SSSR count). The van der Waals surface area contributed by atoms with Crippen molar-refractivity contribution < 1.29 is 10.0 Å². The van der Waals surface area contributed by atoms with E-state index in [1.807, 2.05) is 73.7 Å². The largest absolute Gasteiger partial charge is 0.358 e. The summed E-state index contributed by atoms with van der Waals surface area (Å²) in [4.78, 5) is 43.2. The van der Waals surface area contributed by atoms with Crippen LogP contribution in [0.1, 0.15) is 46.7 Å². The Labute approximate surface area is 241 Å². The lowest BCUT2D eigenvalue weighted by atomic mass is 10.00. The van der Waals surface area contributed by atoms with Gasteiger partial charge in [-0.05, 0) is 66.8 Å². The van der Waals surface area contributed by atoms with Crippen molar-refractivity contribution in [3.05, 3.63) is 124 Å². The number of nitrogens with zero attached hydrogens (tertiary/aromatic N) is 4. The van der Waals surface area contributed by atoms with Gasteiger partial charge in [0.2, 0.25) is 0 Å². The molecule has 42 heavy (non-hydrogen) atoms. The molecule has 0 spiro atoms. The van der Waals surface area contributed by atoms with Crippen LogP contribution in [-0.2, 0) is 12.8 Å². The summed E-state index contributed by atoms with van der Waals surface area (Å²) in [5, 5.41) is 12.9. The third-order valence-corrected chi connectivity index (χ3v) is 7.39. The third kappa shape index (κ3) is 5.11. The molecule has 0 aliphatic carbocycles. The smallest absolute Gasteiger partial charge is 0.274 e. The molecule has 3 heterocycles. The molecule has 3 aromatic carbocycles. The molecule has 3 aromatic heterocycles. The number of carbonyl (C=O) groups excluding carboxylic acids is 1. The standard InChI is InChI=1S/C32H29N7O3/c1-2-24(36-29-28-26(17-18-33-29)34-19-35-28)30-37-25-10-6-7-21(14-11-20-12-15-22(16-13-20)31(40)38-42)27(25)32(41)39(30)23-8-4-3-5-9-23/h3-10,12-13,15-19,24,42H,2,11,14H2,1H3,(H,33,36)(H,34,35)(H,38,40)/t24-/m0/s1. The summed E-state index contributed by atoms with van der Waals surface area (Å²) in [7, 11) is 0. The number of aryl methyl sites for hydroxylation is 2. The van der Waals surface area contributed by atoms with Gasteiger partial charge in [-0.25, -0.2) is 20.4 Å². The van der Waals surface area contributed by atoms with Gasteiger partial charge < -0.3 is 10.3 Å². The Balaban J connectivity index is 1.42. The van der Waals surface area contributed by atoms with Crippen LogP contribution in [0, 0.1) is 0 Å². The zero-order chi connectivity index (χ0) is 29.1. The van der Waals surface area contributed by atoms with Crippen LogP contribution >= 0.6 is 0 Å². The van der Waals surface area contributed by atoms with Crippen molar-refractivity contribution in [3.8, 4) is 5.69 Å². The van der Waals surface area contributed by atoms with Crippen molar-refractivity contribution in [1.29, 1.82) is 0 Å². The normalized spacial score (nSPS) is 12.0. The van der Waals surface area contributed by atoms with Gasteiger partial charge in [-0.2, -0.15) is 0 Å². The maximum Gasteiger partial charge on any atom is 0.274 e. The van der Waals surface area contributed by atoms with Gasteiger partial charge >= 0.3 is 0 Å². The lowest BCUT2D eigenvalue weighted by molar-refractivity contribution is 0.0706. The highest BCUT2D eigenvalue weighted by molar-refractivity contribution is 5.93. The number of H-pyrrole nitrogens is 1. The van der Waals surface area contributed by atoms with Gasteiger partial charge in [0.25, 0.3) is 11.5 Å². The number of hydrogen-bond acceptors (Lipinski definition) is 7. The molecular formula is C32H29N7O3. The van der Waals surface area contributed by atoms with Crippen LogP contribution in [-0.4, -0.2) is 35.6 Å². The number of hydrogen-bond donors (Lipinski definition) is 4. The Hall–Kier alpha value is -5.35. The lowest BCUT2D eigenvalue weighted by Gasteiger charge is -2.22. The number of imidazole rings is 1. The number of carbonyl (C=O) groups is 1. The Bertz CT molecular complexity index is 1930. The van der Waals surface area contributed by atoms with E-state index >= 15 is 0 Å². The molecule has 0 unspecified atom stereocenters. The second-order valence-corrected chi connectivity index (χ2v) is 9.96. The van der Waals surface area contributed by atoms with Crippen molar-refractivity contribution in [1.82, 2.24) is 30.0 Å². The molecule has 0 saturated carbocycles. The molecule has 0 aliphatic rings. The lowest BCUT2D eigenvalue weighted by Crippen LogP contribution is -2.29. The number of aromatic amines is 1. The number of pyridine rings is 1. The summed E-state index contributed by atoms with van der Waals surface area (Å²) in [6.45, 7) is 2.04. The zero-order valence-electron chi connectivity index (χ0n) is 22.9. The van der Waals surface area contributed by atoms with Crippen LogP contribution in [0.25, 0.3) is 27.6 Å². The Morgan fingerprint density at radius 2 is 1.79 bits per heavy atom. The average Bonchev–Trinajstić information content (AvgIpc) is 3.52. The van der Waals surface area contributed by atoms with E-state index in [1.165, 1.54) is 0 Å². The molecule has 6 aromatic rings. The van der Waals surface area contributed by atoms with E-state index in [0.29, 0.717) is 47.4 Å². The highest BCUT2D eigenvalue weighted by Gasteiger charge is 2.22. The van der Waals surface area contributed by atoms with Gasteiger partial charge in [0.05, 0.1) is 34.5 Å². The highest BCUT2D eigenvalue weighted by atomic mass is 16.5. The molecule has 1 atom stereocenters. The molecule has 210 valence electrons. The molecule has 1 amide bonds. The van der Waals surface area contributed by atoms with Gasteiger partial charge in [-0.3, -0.25) is 19.4 Å². The predicted octanol–water partition coefficient (Wildman–Crippen LogP) is 5.12. The number of hydroxylamine groups is 1. The molecule has 10 heteroatoms. The van der Waals surface area contributed by atoms with Crippen LogP contribution in [0.3, 0.4) is 0 Å². The topological polar surface area (TPSA) is 138 Å². The summed E-state index contributed by atoms with van der Waals surface area (Å²) in [6.07, 6.45) is 5.26. The van der Waals surface area contributed by atoms with Crippen LogP contribution in [0.15, 0.2) is 96.2 Å². The molecule has 0 radical (unpaired) electrons. The van der Waals surface area contributed by atoms with E-state index in [9.17, 15) is 9.59 Å². The van der Waals surface area contributed by atoms with Crippen molar-refractivity contribution in [2.75, 3.05) is 5.32 Å². The minimum Gasteiger partial charge on any atom is -0.358 e. The molecule has 0 fully saturated rings. The second-order valence-electron chi connectivity index (χ2n) is 9.96. The van der Waals surface area contributed by atoms with E-state index < -0.39 is 5.91 Å². The van der Waals surface area contributed by atoms with Crippen LogP contribution in [0.5, 0.6) is 0 Å². The second kappa shape index (κ2) is 11.6. The minimum absolute atomic E-state index is 0.141. The van der Waals surface area contributed by atoms with Crippen molar-refractivity contribution in [2.45, 2.75) is 32.2 Å². The maximum absolute atomic E-state index is 14.4. The van der Waals surface area contributed by atoms with Crippen LogP contribution < -0.4 is 16.4 Å². The third-order valence-electron chi connectivity index (χ3n) is 7.39. The predicted molar refractivity (Wildman–Crippen MR) is 161 cm³/mol. The quantitative estimate of drug-likeness (QED) is 0.142. The minimum atomic E-state index is -0.560. The fourth-order valence-electron chi connectivity index (χ4n) is 5.24. The molecule has 10 nitrogen and oxygen atoms in total. The highest BCUT2D eigenvalue weighted by Crippen LogP contribution is 2.27. The number of nitrogens with one attached hydrogen (secondary N) is 3. The average molecular weight is 560 g/mol. The molecular weight excluding hydrogens is 530 g/mol. The summed E-state index contributed by atoms with van der Waals surface area (Å²) < 4.78 is 1.69. The van der Waals surface area contributed by atoms with Gasteiger partial charge in [0.15, 0.2) is 5.82 Å². The molecule has 0 aliphatic heterocycles. The summed E-state index contributed by atoms with van der Waals surface area (Å²) in [5.41, 5.74) is 6.71. The first kappa shape index (κ1) is 26.9.